The molecule has 0 fully saturated rings. The molecule has 1 atom stereocenters. The van der Waals surface area contributed by atoms with E-state index in [0.29, 0.717) is 5.56 Å². The van der Waals surface area contributed by atoms with Crippen LogP contribution in [0.2, 0.25) is 0 Å². The second kappa shape index (κ2) is 6.80. The lowest BCUT2D eigenvalue weighted by molar-refractivity contribution is 0.499. The summed E-state index contributed by atoms with van der Waals surface area (Å²) in [4.78, 5) is 0. The van der Waals surface area contributed by atoms with Gasteiger partial charge < -0.3 is 5.32 Å². The summed E-state index contributed by atoms with van der Waals surface area (Å²) in [5.41, 5.74) is 2.67. The minimum absolute atomic E-state index is 0.196. The van der Waals surface area contributed by atoms with Crippen molar-refractivity contribution < 1.29 is 8.78 Å². The number of nitrogens with zero attached hydrogens (tertiary/aromatic N) is 2. The summed E-state index contributed by atoms with van der Waals surface area (Å²) in [7, 11) is 0. The molecule has 1 aromatic heterocycles. The smallest absolute Gasteiger partial charge is 0.159 e. The monoisotopic (exact) mass is 293 g/mol. The number of benzene rings is 1. The van der Waals surface area contributed by atoms with Crippen molar-refractivity contribution in [1.29, 1.82) is 0 Å². The van der Waals surface area contributed by atoms with Gasteiger partial charge in [0, 0.05) is 6.54 Å². The maximum Gasteiger partial charge on any atom is 0.159 e. The third-order valence-electron chi connectivity index (χ3n) is 3.50. The van der Waals surface area contributed by atoms with Crippen LogP contribution in [0.4, 0.5) is 8.78 Å². The van der Waals surface area contributed by atoms with Crippen molar-refractivity contribution in [2.24, 2.45) is 0 Å². The molecule has 0 spiro atoms. The molecule has 1 N–H and O–H groups in total. The molecule has 21 heavy (non-hydrogen) atoms. The number of rotatable bonds is 6. The van der Waals surface area contributed by atoms with E-state index in [4.69, 9.17) is 0 Å². The molecule has 0 aliphatic heterocycles. The number of hydrogen-bond donors (Lipinski definition) is 1. The number of halogens is 2. The molecular weight excluding hydrogens is 272 g/mol. The highest BCUT2D eigenvalue weighted by atomic mass is 19.2. The SMILES string of the molecule is CCNC(c1ccc(F)c(F)c1)c1cc(CC)nn1CC. The zero-order valence-electron chi connectivity index (χ0n) is 12.7. The molecule has 0 amide bonds. The zero-order valence-corrected chi connectivity index (χ0v) is 12.7. The Kier molecular flexibility index (Phi) is 5.07. The van der Waals surface area contributed by atoms with Crippen molar-refractivity contribution in [2.45, 2.75) is 39.8 Å². The van der Waals surface area contributed by atoms with Gasteiger partial charge >= 0.3 is 0 Å². The van der Waals surface area contributed by atoms with Crippen LogP contribution in [0.15, 0.2) is 24.3 Å². The van der Waals surface area contributed by atoms with Gasteiger partial charge in [0.05, 0.1) is 17.4 Å². The molecule has 0 radical (unpaired) electrons. The predicted octanol–water partition coefficient (Wildman–Crippen LogP) is 3.44. The average molecular weight is 293 g/mol. The number of nitrogens with one attached hydrogen (secondary N) is 1. The summed E-state index contributed by atoms with van der Waals surface area (Å²) in [5.74, 6) is -1.65. The van der Waals surface area contributed by atoms with Crippen molar-refractivity contribution in [2.75, 3.05) is 6.54 Å². The lowest BCUT2D eigenvalue weighted by Gasteiger charge is -2.19. The van der Waals surface area contributed by atoms with Crippen molar-refractivity contribution in [1.82, 2.24) is 15.1 Å². The summed E-state index contributed by atoms with van der Waals surface area (Å²) >= 11 is 0. The Labute approximate surface area is 124 Å². The van der Waals surface area contributed by atoms with E-state index in [9.17, 15) is 8.78 Å². The highest BCUT2D eigenvalue weighted by molar-refractivity contribution is 5.30. The fourth-order valence-corrected chi connectivity index (χ4v) is 2.43. The third kappa shape index (κ3) is 3.29. The van der Waals surface area contributed by atoms with Gasteiger partial charge in [-0.25, -0.2) is 8.78 Å². The van der Waals surface area contributed by atoms with E-state index in [1.54, 1.807) is 6.07 Å². The molecule has 2 rings (SSSR count). The van der Waals surface area contributed by atoms with Gasteiger partial charge in [-0.3, -0.25) is 4.68 Å². The largest absolute Gasteiger partial charge is 0.305 e. The first-order chi connectivity index (χ1) is 10.1. The summed E-state index contributed by atoms with van der Waals surface area (Å²) in [6.07, 6.45) is 0.844. The van der Waals surface area contributed by atoms with Gasteiger partial charge in [0.1, 0.15) is 0 Å². The molecular formula is C16H21F2N3. The summed E-state index contributed by atoms with van der Waals surface area (Å²) in [5, 5.41) is 7.85. The summed E-state index contributed by atoms with van der Waals surface area (Å²) in [6, 6.07) is 5.87. The third-order valence-corrected chi connectivity index (χ3v) is 3.50. The second-order valence-corrected chi connectivity index (χ2v) is 4.89. The van der Waals surface area contributed by atoms with Crippen LogP contribution in [-0.2, 0) is 13.0 Å². The first kappa shape index (κ1) is 15.6. The van der Waals surface area contributed by atoms with Crippen LogP contribution in [0.25, 0.3) is 0 Å². The van der Waals surface area contributed by atoms with Crippen LogP contribution in [-0.4, -0.2) is 16.3 Å². The van der Waals surface area contributed by atoms with Crippen LogP contribution in [0.3, 0.4) is 0 Å². The number of aryl methyl sites for hydroxylation is 2. The Bertz CT molecular complexity index is 608. The van der Waals surface area contributed by atoms with Gasteiger partial charge in [-0.1, -0.05) is 19.9 Å². The molecule has 2 aromatic rings. The van der Waals surface area contributed by atoms with E-state index < -0.39 is 11.6 Å². The topological polar surface area (TPSA) is 29.9 Å². The van der Waals surface area contributed by atoms with Crippen molar-refractivity contribution >= 4 is 0 Å². The van der Waals surface area contributed by atoms with Crippen LogP contribution >= 0.6 is 0 Å². The molecule has 114 valence electrons. The average Bonchev–Trinajstić information content (AvgIpc) is 2.91. The van der Waals surface area contributed by atoms with E-state index in [0.717, 1.165) is 30.9 Å². The van der Waals surface area contributed by atoms with E-state index in [1.165, 1.54) is 12.1 Å². The van der Waals surface area contributed by atoms with E-state index in [-0.39, 0.29) is 6.04 Å². The molecule has 1 unspecified atom stereocenters. The van der Waals surface area contributed by atoms with Gasteiger partial charge in [0.25, 0.3) is 0 Å². The molecule has 0 saturated carbocycles. The molecule has 0 saturated heterocycles. The van der Waals surface area contributed by atoms with Gasteiger partial charge in [0.15, 0.2) is 11.6 Å². The van der Waals surface area contributed by atoms with Crippen LogP contribution in [0.1, 0.15) is 43.8 Å². The maximum atomic E-state index is 13.5. The molecule has 1 heterocycles. The minimum atomic E-state index is -0.827. The van der Waals surface area contributed by atoms with Crippen molar-refractivity contribution in [3.63, 3.8) is 0 Å². The first-order valence-electron chi connectivity index (χ1n) is 7.35. The normalized spacial score (nSPS) is 12.6. The minimum Gasteiger partial charge on any atom is -0.305 e. The Morgan fingerprint density at radius 1 is 1.14 bits per heavy atom. The zero-order chi connectivity index (χ0) is 15.4. The lowest BCUT2D eigenvalue weighted by atomic mass is 10.0. The van der Waals surface area contributed by atoms with Crippen molar-refractivity contribution in [3.8, 4) is 0 Å². The summed E-state index contributed by atoms with van der Waals surface area (Å²) in [6.45, 7) is 7.51. The van der Waals surface area contributed by atoms with E-state index in [1.807, 2.05) is 31.5 Å². The Balaban J connectivity index is 2.47. The first-order valence-corrected chi connectivity index (χ1v) is 7.35. The molecule has 3 nitrogen and oxygen atoms in total. The van der Waals surface area contributed by atoms with Gasteiger partial charge in [-0.2, -0.15) is 5.10 Å². The van der Waals surface area contributed by atoms with E-state index in [2.05, 4.69) is 10.4 Å². The fourth-order valence-electron chi connectivity index (χ4n) is 2.43. The highest BCUT2D eigenvalue weighted by Crippen LogP contribution is 2.24. The standard InChI is InChI=1S/C16H21F2N3/c1-4-12-10-15(21(6-3)20-12)16(19-5-2)11-7-8-13(17)14(18)9-11/h7-10,16,19H,4-6H2,1-3H3. The van der Waals surface area contributed by atoms with Crippen LogP contribution in [0.5, 0.6) is 0 Å². The molecule has 1 aromatic carbocycles. The lowest BCUT2D eigenvalue weighted by Crippen LogP contribution is -2.25. The van der Waals surface area contributed by atoms with Gasteiger partial charge in [-0.15, -0.1) is 0 Å². The molecule has 0 aliphatic rings. The quantitative estimate of drug-likeness (QED) is 0.884. The van der Waals surface area contributed by atoms with Gasteiger partial charge in [-0.05, 0) is 43.7 Å². The van der Waals surface area contributed by atoms with Gasteiger partial charge in [0.2, 0.25) is 0 Å². The highest BCUT2D eigenvalue weighted by Gasteiger charge is 2.20. The Morgan fingerprint density at radius 3 is 2.48 bits per heavy atom. The molecule has 0 bridgehead atoms. The number of aromatic nitrogens is 2. The number of hydrogen-bond acceptors (Lipinski definition) is 2. The predicted molar refractivity (Wildman–Crippen MR) is 79.2 cm³/mol. The Hall–Kier alpha value is -1.75. The van der Waals surface area contributed by atoms with E-state index >= 15 is 0 Å². The fraction of sp³-hybridized carbons (Fsp3) is 0.438. The van der Waals surface area contributed by atoms with Crippen LogP contribution < -0.4 is 5.32 Å². The summed E-state index contributed by atoms with van der Waals surface area (Å²) < 4.78 is 28.6. The second-order valence-electron chi connectivity index (χ2n) is 4.89. The van der Waals surface area contributed by atoms with Crippen molar-refractivity contribution in [3.05, 3.63) is 52.9 Å². The molecule has 0 aliphatic carbocycles. The maximum absolute atomic E-state index is 13.5. The Morgan fingerprint density at radius 2 is 1.90 bits per heavy atom. The molecule has 5 heteroatoms. The van der Waals surface area contributed by atoms with Crippen LogP contribution in [0, 0.1) is 11.6 Å².